The summed E-state index contributed by atoms with van der Waals surface area (Å²) < 4.78 is 11.2. The van der Waals surface area contributed by atoms with E-state index in [1.807, 2.05) is 42.5 Å². The van der Waals surface area contributed by atoms with Crippen molar-refractivity contribution in [2.75, 3.05) is 0 Å². The van der Waals surface area contributed by atoms with Crippen LogP contribution in [0.15, 0.2) is 86.6 Å². The summed E-state index contributed by atoms with van der Waals surface area (Å²) >= 11 is 5.95. The smallest absolute Gasteiger partial charge is 0.267 e. The fraction of sp³-hybridized carbons (Fsp3) is 0.200. The lowest BCUT2D eigenvalue weighted by Gasteiger charge is -2.27. The van der Waals surface area contributed by atoms with Crippen molar-refractivity contribution in [3.05, 3.63) is 94.8 Å². The third kappa shape index (κ3) is 4.01. The van der Waals surface area contributed by atoms with Gasteiger partial charge in [-0.2, -0.15) is 5.10 Å². The SMILES string of the molecule is O=C(/C=C\c1ccc(Cl)cc1)N1N=C2/C(=C\c3ccco3)CCCC2C1c1ccco1. The number of carbonyl (C=O) groups excluding carboxylic acids is 1. The van der Waals surface area contributed by atoms with Crippen LogP contribution in [0.25, 0.3) is 12.2 Å². The molecule has 3 heterocycles. The van der Waals surface area contributed by atoms with Crippen LogP contribution < -0.4 is 0 Å². The number of benzene rings is 1. The van der Waals surface area contributed by atoms with Gasteiger partial charge >= 0.3 is 0 Å². The van der Waals surface area contributed by atoms with Crippen LogP contribution >= 0.6 is 11.6 Å². The molecule has 1 aliphatic heterocycles. The second kappa shape index (κ2) is 8.44. The number of halogens is 1. The Kier molecular flexibility index (Phi) is 5.35. The number of hydrazone groups is 1. The summed E-state index contributed by atoms with van der Waals surface area (Å²) in [6.45, 7) is 0. The largest absolute Gasteiger partial charge is 0.467 e. The third-order valence-electron chi connectivity index (χ3n) is 5.71. The normalized spacial score (nSPS) is 22.2. The van der Waals surface area contributed by atoms with Crippen LogP contribution in [0, 0.1) is 5.92 Å². The van der Waals surface area contributed by atoms with Crippen LogP contribution in [0.2, 0.25) is 5.02 Å². The van der Waals surface area contributed by atoms with E-state index in [4.69, 9.17) is 25.5 Å². The van der Waals surface area contributed by atoms with E-state index in [0.29, 0.717) is 5.02 Å². The summed E-state index contributed by atoms with van der Waals surface area (Å²) in [5.41, 5.74) is 2.95. The van der Waals surface area contributed by atoms with Crippen LogP contribution in [0.5, 0.6) is 0 Å². The Hall–Kier alpha value is -3.31. The molecule has 6 heteroatoms. The Bertz CT molecular complexity index is 1140. The van der Waals surface area contributed by atoms with Gasteiger partial charge in [0.25, 0.3) is 5.91 Å². The highest BCUT2D eigenvalue weighted by molar-refractivity contribution is 6.30. The standard InChI is InChI=1S/C25H21ClN2O3/c26-19-11-8-17(9-12-19)10-13-23(29)28-25(22-7-3-15-31-22)21-6-1-4-18(24(21)27-28)16-20-5-2-14-30-20/h2-3,5,7-16,21,25H,1,4,6H2/b13-10-,18-16-. The molecule has 0 bridgehead atoms. The van der Waals surface area contributed by atoms with Crippen molar-refractivity contribution in [1.82, 2.24) is 5.01 Å². The molecule has 5 nitrogen and oxygen atoms in total. The van der Waals surface area contributed by atoms with Crippen molar-refractivity contribution >= 4 is 35.4 Å². The van der Waals surface area contributed by atoms with Gasteiger partial charge in [-0.3, -0.25) is 4.79 Å². The summed E-state index contributed by atoms with van der Waals surface area (Å²) in [7, 11) is 0. The summed E-state index contributed by atoms with van der Waals surface area (Å²) in [5.74, 6) is 1.45. The van der Waals surface area contributed by atoms with Gasteiger partial charge in [-0.25, -0.2) is 5.01 Å². The molecule has 0 radical (unpaired) electrons. The monoisotopic (exact) mass is 432 g/mol. The number of allylic oxidation sites excluding steroid dienone is 1. The summed E-state index contributed by atoms with van der Waals surface area (Å²) in [6.07, 6.45) is 11.5. The topological polar surface area (TPSA) is 59.0 Å². The van der Waals surface area contributed by atoms with E-state index in [9.17, 15) is 4.79 Å². The van der Waals surface area contributed by atoms with Crippen LogP contribution in [0.3, 0.4) is 0 Å². The predicted molar refractivity (Wildman–Crippen MR) is 120 cm³/mol. The molecule has 156 valence electrons. The number of furan rings is 2. The average Bonchev–Trinajstić information content (AvgIpc) is 3.54. The Labute approximate surface area is 185 Å². The minimum absolute atomic E-state index is 0.0917. The molecule has 1 aliphatic carbocycles. The molecule has 1 fully saturated rings. The minimum Gasteiger partial charge on any atom is -0.467 e. The number of amides is 1. The van der Waals surface area contributed by atoms with E-state index < -0.39 is 0 Å². The van der Waals surface area contributed by atoms with Crippen molar-refractivity contribution in [3.8, 4) is 0 Å². The summed E-state index contributed by atoms with van der Waals surface area (Å²) in [4.78, 5) is 13.2. The van der Waals surface area contributed by atoms with Gasteiger partial charge in [0.15, 0.2) is 0 Å². The molecule has 0 saturated heterocycles. The lowest BCUT2D eigenvalue weighted by molar-refractivity contribution is -0.128. The zero-order valence-electron chi connectivity index (χ0n) is 16.8. The van der Waals surface area contributed by atoms with Gasteiger partial charge in [0.1, 0.15) is 17.6 Å². The maximum absolute atomic E-state index is 13.2. The Balaban J connectivity index is 1.48. The Morgan fingerprint density at radius 2 is 1.90 bits per heavy atom. The molecule has 1 saturated carbocycles. The second-order valence-corrected chi connectivity index (χ2v) is 8.13. The number of rotatable bonds is 4. The highest BCUT2D eigenvalue weighted by atomic mass is 35.5. The fourth-order valence-electron chi connectivity index (χ4n) is 4.28. The quantitative estimate of drug-likeness (QED) is 0.450. The molecule has 3 aromatic rings. The van der Waals surface area contributed by atoms with Crippen molar-refractivity contribution in [3.63, 3.8) is 0 Å². The first-order valence-electron chi connectivity index (χ1n) is 10.3. The van der Waals surface area contributed by atoms with Gasteiger partial charge < -0.3 is 8.83 Å². The zero-order valence-corrected chi connectivity index (χ0v) is 17.5. The van der Waals surface area contributed by atoms with Crippen LogP contribution in [0.4, 0.5) is 0 Å². The Morgan fingerprint density at radius 3 is 2.65 bits per heavy atom. The Morgan fingerprint density at radius 1 is 1.10 bits per heavy atom. The molecule has 5 rings (SSSR count). The number of carbonyl (C=O) groups is 1. The van der Waals surface area contributed by atoms with Crippen molar-refractivity contribution in [1.29, 1.82) is 0 Å². The molecule has 31 heavy (non-hydrogen) atoms. The lowest BCUT2D eigenvalue weighted by atomic mass is 9.79. The first kappa shape index (κ1) is 19.6. The van der Waals surface area contributed by atoms with Gasteiger partial charge in [0.05, 0.1) is 18.2 Å². The van der Waals surface area contributed by atoms with E-state index in [2.05, 4.69) is 0 Å². The number of hydrogen-bond acceptors (Lipinski definition) is 4. The predicted octanol–water partition coefficient (Wildman–Crippen LogP) is 6.36. The van der Waals surface area contributed by atoms with E-state index in [1.54, 1.807) is 41.8 Å². The maximum atomic E-state index is 13.2. The van der Waals surface area contributed by atoms with Crippen LogP contribution in [-0.4, -0.2) is 16.6 Å². The number of hydrogen-bond donors (Lipinski definition) is 0. The molecule has 0 spiro atoms. The zero-order chi connectivity index (χ0) is 21.2. The molecular formula is C25H21ClN2O3. The van der Waals surface area contributed by atoms with Crippen LogP contribution in [0.1, 0.15) is 42.4 Å². The number of nitrogens with zero attached hydrogens (tertiary/aromatic N) is 2. The van der Waals surface area contributed by atoms with E-state index in [1.165, 1.54) is 0 Å². The second-order valence-electron chi connectivity index (χ2n) is 7.70. The molecule has 1 amide bonds. The first-order valence-corrected chi connectivity index (χ1v) is 10.7. The van der Waals surface area contributed by atoms with Gasteiger partial charge in [0.2, 0.25) is 0 Å². The van der Waals surface area contributed by atoms with E-state index >= 15 is 0 Å². The van der Waals surface area contributed by atoms with Crippen LogP contribution in [-0.2, 0) is 4.79 Å². The average molecular weight is 433 g/mol. The van der Waals surface area contributed by atoms with Gasteiger partial charge in [-0.15, -0.1) is 0 Å². The molecule has 1 aromatic carbocycles. The summed E-state index contributed by atoms with van der Waals surface area (Å²) in [5, 5.41) is 7.02. The molecule has 2 aliphatic rings. The molecule has 2 atom stereocenters. The maximum Gasteiger partial charge on any atom is 0.267 e. The van der Waals surface area contributed by atoms with Gasteiger partial charge in [-0.05, 0) is 78.9 Å². The van der Waals surface area contributed by atoms with Crippen molar-refractivity contribution in [2.45, 2.75) is 25.3 Å². The van der Waals surface area contributed by atoms with Gasteiger partial charge in [-0.1, -0.05) is 23.7 Å². The number of fused-ring (bicyclic) bond motifs is 1. The fourth-order valence-corrected chi connectivity index (χ4v) is 4.41. The summed E-state index contributed by atoms with van der Waals surface area (Å²) in [6, 6.07) is 14.6. The molecular weight excluding hydrogens is 412 g/mol. The van der Waals surface area contributed by atoms with E-state index in [0.717, 1.165) is 47.6 Å². The lowest BCUT2D eigenvalue weighted by Crippen LogP contribution is -2.30. The highest BCUT2D eigenvalue weighted by Gasteiger charge is 2.44. The van der Waals surface area contributed by atoms with Gasteiger partial charge in [0, 0.05) is 17.0 Å². The molecule has 2 aromatic heterocycles. The minimum atomic E-state index is -0.257. The molecule has 2 unspecified atom stereocenters. The van der Waals surface area contributed by atoms with Crippen molar-refractivity contribution in [2.24, 2.45) is 11.0 Å². The third-order valence-corrected chi connectivity index (χ3v) is 5.96. The first-order chi connectivity index (χ1) is 15.2. The highest BCUT2D eigenvalue weighted by Crippen LogP contribution is 2.44. The van der Waals surface area contributed by atoms with Crippen molar-refractivity contribution < 1.29 is 13.6 Å². The molecule has 0 N–H and O–H groups in total. The van der Waals surface area contributed by atoms with E-state index in [-0.39, 0.29) is 17.9 Å².